The number of amides is 1. The summed E-state index contributed by atoms with van der Waals surface area (Å²) in [6.07, 6.45) is 0.468. The highest BCUT2D eigenvalue weighted by Gasteiger charge is 2.35. The monoisotopic (exact) mass is 439 g/mol. The van der Waals surface area contributed by atoms with Crippen LogP contribution in [0.15, 0.2) is 66.7 Å². The van der Waals surface area contributed by atoms with Crippen LogP contribution < -0.4 is 9.64 Å². The number of hydrogen-bond donors (Lipinski definition) is 0. The fraction of sp³-hybridized carbons (Fsp3) is 0.286. The lowest BCUT2D eigenvalue weighted by Gasteiger charge is -2.19. The normalized spacial score (nSPS) is 16.0. The second kappa shape index (κ2) is 8.74. The van der Waals surface area contributed by atoms with Gasteiger partial charge >= 0.3 is 0 Å². The van der Waals surface area contributed by atoms with Crippen molar-refractivity contribution in [3.8, 4) is 5.75 Å². The lowest BCUT2D eigenvalue weighted by atomic mass is 10.1. The van der Waals surface area contributed by atoms with E-state index in [9.17, 15) is 4.79 Å². The number of nitrogens with zero attached hydrogens (tertiary/aromatic N) is 3. The summed E-state index contributed by atoms with van der Waals surface area (Å²) in [5, 5.41) is 0. The van der Waals surface area contributed by atoms with Gasteiger partial charge in [0.1, 0.15) is 18.2 Å². The topological polar surface area (TPSA) is 47.4 Å². The minimum atomic E-state index is 0.0469. The number of fused-ring (bicyclic) bond motifs is 1. The van der Waals surface area contributed by atoms with Gasteiger partial charge in [0.25, 0.3) is 0 Å². The molecule has 1 aliphatic heterocycles. The minimum Gasteiger partial charge on any atom is -0.491 e. The molecular formula is C28H29N3O2. The smallest absolute Gasteiger partial charge is 0.227 e. The zero-order valence-electron chi connectivity index (χ0n) is 19.4. The maximum Gasteiger partial charge on any atom is 0.227 e. The van der Waals surface area contributed by atoms with Crippen LogP contribution in [0, 0.1) is 20.8 Å². The van der Waals surface area contributed by atoms with Crippen LogP contribution in [0.25, 0.3) is 11.0 Å². The Balaban J connectivity index is 1.41. The van der Waals surface area contributed by atoms with Gasteiger partial charge in [0.05, 0.1) is 17.6 Å². The largest absolute Gasteiger partial charge is 0.491 e. The van der Waals surface area contributed by atoms with Crippen LogP contribution in [0.3, 0.4) is 0 Å². The summed E-state index contributed by atoms with van der Waals surface area (Å²) < 4.78 is 8.37. The van der Waals surface area contributed by atoms with Crippen molar-refractivity contribution in [2.24, 2.45) is 0 Å². The average Bonchev–Trinajstić information content (AvgIpc) is 3.36. The molecule has 0 radical (unpaired) electrons. The van der Waals surface area contributed by atoms with Gasteiger partial charge in [0, 0.05) is 24.6 Å². The predicted molar refractivity (Wildman–Crippen MR) is 132 cm³/mol. The highest BCUT2D eigenvalue weighted by molar-refractivity contribution is 5.97. The number of ether oxygens (including phenoxy) is 1. The zero-order valence-corrected chi connectivity index (χ0v) is 19.4. The summed E-state index contributed by atoms with van der Waals surface area (Å²) in [6.45, 7) is 8.08. The molecule has 3 aromatic carbocycles. The van der Waals surface area contributed by atoms with Gasteiger partial charge < -0.3 is 14.2 Å². The van der Waals surface area contributed by atoms with E-state index < -0.39 is 0 Å². The van der Waals surface area contributed by atoms with Crippen molar-refractivity contribution in [2.45, 2.75) is 39.7 Å². The molecule has 168 valence electrons. The number of benzene rings is 3. The Morgan fingerprint density at radius 3 is 2.58 bits per heavy atom. The summed E-state index contributed by atoms with van der Waals surface area (Å²) in [7, 11) is 0. The molecule has 5 nitrogen and oxygen atoms in total. The number of imidazole rings is 1. The van der Waals surface area contributed by atoms with Crippen molar-refractivity contribution < 1.29 is 9.53 Å². The molecule has 5 heteroatoms. The van der Waals surface area contributed by atoms with Crippen LogP contribution in [0.5, 0.6) is 5.75 Å². The molecule has 33 heavy (non-hydrogen) atoms. The molecule has 0 aliphatic carbocycles. The first-order chi connectivity index (χ1) is 16.0. The number of carbonyl (C=O) groups excluding carboxylic acids is 1. The Hall–Kier alpha value is -3.60. The number of para-hydroxylation sites is 3. The van der Waals surface area contributed by atoms with Gasteiger partial charge in [-0.25, -0.2) is 4.98 Å². The van der Waals surface area contributed by atoms with Gasteiger partial charge in [0.15, 0.2) is 0 Å². The van der Waals surface area contributed by atoms with Crippen molar-refractivity contribution in [1.29, 1.82) is 0 Å². The lowest BCUT2D eigenvalue weighted by molar-refractivity contribution is -0.117. The van der Waals surface area contributed by atoms with Gasteiger partial charge in [-0.05, 0) is 56.2 Å². The number of aromatic nitrogens is 2. The first-order valence-corrected chi connectivity index (χ1v) is 11.5. The van der Waals surface area contributed by atoms with Crippen LogP contribution in [0.2, 0.25) is 0 Å². The quantitative estimate of drug-likeness (QED) is 0.395. The van der Waals surface area contributed by atoms with Gasteiger partial charge in [0.2, 0.25) is 5.91 Å². The maximum absolute atomic E-state index is 13.0. The van der Waals surface area contributed by atoms with Crippen molar-refractivity contribution in [1.82, 2.24) is 9.55 Å². The Morgan fingerprint density at radius 1 is 0.970 bits per heavy atom. The van der Waals surface area contributed by atoms with Gasteiger partial charge in [-0.2, -0.15) is 0 Å². The highest BCUT2D eigenvalue weighted by atomic mass is 16.5. The van der Waals surface area contributed by atoms with E-state index in [1.54, 1.807) is 0 Å². The molecule has 4 aromatic rings. The third-order valence-corrected chi connectivity index (χ3v) is 6.48. The fourth-order valence-corrected chi connectivity index (χ4v) is 4.83. The van der Waals surface area contributed by atoms with E-state index in [-0.39, 0.29) is 11.8 Å². The Bertz CT molecular complexity index is 1320. The van der Waals surface area contributed by atoms with E-state index in [0.717, 1.165) is 39.4 Å². The van der Waals surface area contributed by atoms with Gasteiger partial charge in [-0.1, -0.05) is 48.0 Å². The van der Waals surface area contributed by atoms with Gasteiger partial charge in [-0.15, -0.1) is 0 Å². The fourth-order valence-electron chi connectivity index (χ4n) is 4.83. The second-order valence-corrected chi connectivity index (χ2v) is 8.92. The standard InChI is InChI=1S/C28H29N3O2/c1-19-12-13-26(21(3)16-19)33-15-14-30-25-11-7-5-9-23(25)29-28(30)22-17-27(32)31(18-22)24-10-6-4-8-20(24)2/h4-13,16,22H,14-15,17-18H2,1-3H3. The molecule has 0 spiro atoms. The van der Waals surface area contributed by atoms with Crippen LogP contribution >= 0.6 is 0 Å². The van der Waals surface area contributed by atoms with E-state index in [2.05, 4.69) is 49.6 Å². The van der Waals surface area contributed by atoms with Gasteiger partial charge in [-0.3, -0.25) is 4.79 Å². The third-order valence-electron chi connectivity index (χ3n) is 6.48. The Kier molecular flexibility index (Phi) is 5.63. The van der Waals surface area contributed by atoms with E-state index in [1.807, 2.05) is 47.4 Å². The first-order valence-electron chi connectivity index (χ1n) is 11.5. The molecule has 1 amide bonds. The molecule has 1 fully saturated rings. The molecule has 5 rings (SSSR count). The predicted octanol–water partition coefficient (Wildman–Crippen LogP) is 5.56. The molecule has 0 saturated carbocycles. The van der Waals surface area contributed by atoms with Crippen molar-refractivity contribution in [3.63, 3.8) is 0 Å². The molecule has 0 bridgehead atoms. The maximum atomic E-state index is 13.0. The van der Waals surface area contributed by atoms with E-state index >= 15 is 0 Å². The third kappa shape index (κ3) is 4.11. The lowest BCUT2D eigenvalue weighted by Crippen LogP contribution is -2.25. The SMILES string of the molecule is Cc1ccc(OCCn2c(C3CC(=O)N(c4ccccc4C)C3)nc3ccccc32)c(C)c1. The van der Waals surface area contributed by atoms with Crippen LogP contribution in [0.1, 0.15) is 34.9 Å². The van der Waals surface area contributed by atoms with Crippen molar-refractivity contribution >= 4 is 22.6 Å². The van der Waals surface area contributed by atoms with E-state index in [1.165, 1.54) is 5.56 Å². The molecule has 1 aliphatic rings. The van der Waals surface area contributed by atoms with Crippen molar-refractivity contribution in [2.75, 3.05) is 18.1 Å². The summed E-state index contributed by atoms with van der Waals surface area (Å²) in [5.41, 5.74) is 6.51. The number of carbonyl (C=O) groups is 1. The zero-order chi connectivity index (χ0) is 22.9. The average molecular weight is 440 g/mol. The van der Waals surface area contributed by atoms with E-state index in [0.29, 0.717) is 26.1 Å². The second-order valence-electron chi connectivity index (χ2n) is 8.92. The molecular weight excluding hydrogens is 410 g/mol. The molecule has 1 atom stereocenters. The highest BCUT2D eigenvalue weighted by Crippen LogP contribution is 2.34. The summed E-state index contributed by atoms with van der Waals surface area (Å²) in [5.74, 6) is 2.07. The molecule has 0 N–H and O–H groups in total. The number of hydrogen-bond acceptors (Lipinski definition) is 3. The summed E-state index contributed by atoms with van der Waals surface area (Å²) >= 11 is 0. The van der Waals surface area contributed by atoms with E-state index in [4.69, 9.17) is 9.72 Å². The summed E-state index contributed by atoms with van der Waals surface area (Å²) in [4.78, 5) is 19.8. The molecule has 1 aromatic heterocycles. The molecule has 2 heterocycles. The minimum absolute atomic E-state index is 0.0469. The Labute approximate surface area is 194 Å². The first kappa shape index (κ1) is 21.3. The van der Waals surface area contributed by atoms with Crippen LogP contribution in [-0.4, -0.2) is 28.6 Å². The number of rotatable bonds is 6. The molecule has 1 unspecified atom stereocenters. The number of anilines is 1. The summed E-state index contributed by atoms with van der Waals surface area (Å²) in [6, 6.07) is 22.5. The Morgan fingerprint density at radius 2 is 1.76 bits per heavy atom. The number of aryl methyl sites for hydroxylation is 3. The van der Waals surface area contributed by atoms with Crippen LogP contribution in [0.4, 0.5) is 5.69 Å². The van der Waals surface area contributed by atoms with Crippen LogP contribution in [-0.2, 0) is 11.3 Å². The van der Waals surface area contributed by atoms with Crippen molar-refractivity contribution in [3.05, 3.63) is 89.2 Å². The molecule has 1 saturated heterocycles.